The lowest BCUT2D eigenvalue weighted by Gasteiger charge is -2.18. The molecule has 2 aromatic carbocycles. The standard InChI is InChI=1S/C21H22N4O6/c1-13(2)19(21-23-20(24-31-21)14-8-10-15(29-3)11-9-14)22-18(26)12-30-17-7-5-4-6-16(17)25(27)28/h4-11,13,19H,12H2,1-3H3,(H,22,26)/t19-/m0/s1. The molecule has 0 aliphatic carbocycles. The van der Waals surface area contributed by atoms with Crippen molar-refractivity contribution in [2.45, 2.75) is 19.9 Å². The fraction of sp³-hybridized carbons (Fsp3) is 0.286. The van der Waals surface area contributed by atoms with Crippen molar-refractivity contribution < 1.29 is 23.7 Å². The molecule has 1 heterocycles. The minimum absolute atomic E-state index is 0.0170. The van der Waals surface area contributed by atoms with Gasteiger partial charge in [-0.15, -0.1) is 0 Å². The molecule has 0 fully saturated rings. The second kappa shape index (κ2) is 9.70. The summed E-state index contributed by atoms with van der Waals surface area (Å²) >= 11 is 0. The van der Waals surface area contributed by atoms with Gasteiger partial charge in [0.25, 0.3) is 5.91 Å². The van der Waals surface area contributed by atoms with Crippen molar-refractivity contribution >= 4 is 11.6 Å². The number of nitrogens with zero attached hydrogens (tertiary/aromatic N) is 3. The van der Waals surface area contributed by atoms with Gasteiger partial charge < -0.3 is 19.3 Å². The number of carbonyl (C=O) groups is 1. The van der Waals surface area contributed by atoms with Crippen molar-refractivity contribution in [1.29, 1.82) is 0 Å². The summed E-state index contributed by atoms with van der Waals surface area (Å²) in [6, 6.07) is 12.5. The van der Waals surface area contributed by atoms with E-state index in [1.807, 2.05) is 13.8 Å². The Labute approximate surface area is 178 Å². The van der Waals surface area contributed by atoms with E-state index in [0.29, 0.717) is 11.6 Å². The molecular formula is C21H22N4O6. The second-order valence-corrected chi connectivity index (χ2v) is 6.99. The molecule has 3 rings (SSSR count). The molecule has 1 amide bonds. The number of hydrogen-bond acceptors (Lipinski definition) is 8. The predicted octanol–water partition coefficient (Wildman–Crippen LogP) is 3.55. The smallest absolute Gasteiger partial charge is 0.310 e. The van der Waals surface area contributed by atoms with Gasteiger partial charge in [-0.2, -0.15) is 4.98 Å². The van der Waals surface area contributed by atoms with Gasteiger partial charge in [0, 0.05) is 11.6 Å². The first kappa shape index (κ1) is 21.8. The number of rotatable bonds is 9. The lowest BCUT2D eigenvalue weighted by molar-refractivity contribution is -0.385. The van der Waals surface area contributed by atoms with Gasteiger partial charge in [-0.05, 0) is 36.2 Å². The number of ether oxygens (including phenoxy) is 2. The maximum Gasteiger partial charge on any atom is 0.310 e. The average molecular weight is 426 g/mol. The number of nitro benzene ring substituents is 1. The summed E-state index contributed by atoms with van der Waals surface area (Å²) in [5.41, 5.74) is 0.529. The molecule has 0 radical (unpaired) electrons. The van der Waals surface area contributed by atoms with Crippen molar-refractivity contribution in [2.75, 3.05) is 13.7 Å². The zero-order valence-electron chi connectivity index (χ0n) is 17.3. The molecule has 10 heteroatoms. The van der Waals surface area contributed by atoms with Crippen LogP contribution in [-0.4, -0.2) is 34.7 Å². The van der Waals surface area contributed by atoms with Gasteiger partial charge in [0.15, 0.2) is 12.4 Å². The van der Waals surface area contributed by atoms with Crippen molar-refractivity contribution in [3.63, 3.8) is 0 Å². The molecule has 1 aromatic heterocycles. The van der Waals surface area contributed by atoms with E-state index in [1.54, 1.807) is 37.4 Å². The Morgan fingerprint density at radius 1 is 1.19 bits per heavy atom. The number of methoxy groups -OCH3 is 1. The maximum atomic E-state index is 12.4. The van der Waals surface area contributed by atoms with E-state index in [-0.39, 0.29) is 23.2 Å². The van der Waals surface area contributed by atoms with Crippen LogP contribution in [0.15, 0.2) is 53.1 Å². The fourth-order valence-electron chi connectivity index (χ4n) is 2.82. The molecule has 0 unspecified atom stereocenters. The first-order valence-electron chi connectivity index (χ1n) is 9.52. The van der Waals surface area contributed by atoms with Crippen molar-refractivity contribution in [2.24, 2.45) is 5.92 Å². The second-order valence-electron chi connectivity index (χ2n) is 6.99. The van der Waals surface area contributed by atoms with E-state index >= 15 is 0 Å². The molecule has 0 aliphatic rings. The number of benzene rings is 2. The highest BCUT2D eigenvalue weighted by atomic mass is 16.6. The van der Waals surface area contributed by atoms with Gasteiger partial charge in [-0.3, -0.25) is 14.9 Å². The van der Waals surface area contributed by atoms with Gasteiger partial charge in [0.1, 0.15) is 11.8 Å². The van der Waals surface area contributed by atoms with Crippen LogP contribution in [-0.2, 0) is 4.79 Å². The Balaban J connectivity index is 1.68. The van der Waals surface area contributed by atoms with E-state index in [0.717, 1.165) is 5.56 Å². The predicted molar refractivity (Wildman–Crippen MR) is 111 cm³/mol. The summed E-state index contributed by atoms with van der Waals surface area (Å²) in [7, 11) is 1.58. The minimum atomic E-state index is -0.566. The SMILES string of the molecule is COc1ccc(-c2noc([C@@H](NC(=O)COc3ccccc3[N+](=O)[O-])C(C)C)n2)cc1. The minimum Gasteiger partial charge on any atom is -0.497 e. The monoisotopic (exact) mass is 426 g/mol. The summed E-state index contributed by atoms with van der Waals surface area (Å²) in [5, 5.41) is 17.8. The molecule has 162 valence electrons. The van der Waals surface area contributed by atoms with E-state index in [9.17, 15) is 14.9 Å². The number of hydrogen-bond donors (Lipinski definition) is 1. The van der Waals surface area contributed by atoms with Crippen molar-refractivity contribution in [3.8, 4) is 22.9 Å². The molecule has 1 N–H and O–H groups in total. The molecule has 0 aliphatic heterocycles. The zero-order valence-corrected chi connectivity index (χ0v) is 17.3. The zero-order chi connectivity index (χ0) is 22.4. The first-order chi connectivity index (χ1) is 14.9. The highest BCUT2D eigenvalue weighted by Gasteiger charge is 2.25. The Morgan fingerprint density at radius 2 is 1.90 bits per heavy atom. The van der Waals surface area contributed by atoms with Crippen LogP contribution in [0.4, 0.5) is 5.69 Å². The number of nitrogens with one attached hydrogen (secondary N) is 1. The van der Waals surface area contributed by atoms with Crippen LogP contribution < -0.4 is 14.8 Å². The highest BCUT2D eigenvalue weighted by Crippen LogP contribution is 2.27. The van der Waals surface area contributed by atoms with Crippen LogP contribution in [0.2, 0.25) is 0 Å². The van der Waals surface area contributed by atoms with E-state index in [2.05, 4.69) is 15.5 Å². The number of nitro groups is 1. The third-order valence-corrected chi connectivity index (χ3v) is 4.46. The maximum absolute atomic E-state index is 12.4. The van der Waals surface area contributed by atoms with E-state index in [1.165, 1.54) is 18.2 Å². The fourth-order valence-corrected chi connectivity index (χ4v) is 2.82. The Morgan fingerprint density at radius 3 is 2.55 bits per heavy atom. The first-order valence-corrected chi connectivity index (χ1v) is 9.52. The summed E-state index contributed by atoms with van der Waals surface area (Å²) in [6.07, 6.45) is 0. The van der Waals surface area contributed by atoms with Crippen LogP contribution in [0.3, 0.4) is 0 Å². The number of aromatic nitrogens is 2. The third-order valence-electron chi connectivity index (χ3n) is 4.46. The Bertz CT molecular complexity index is 1050. The van der Waals surface area contributed by atoms with Crippen LogP contribution in [0.5, 0.6) is 11.5 Å². The van der Waals surface area contributed by atoms with Crippen molar-refractivity contribution in [1.82, 2.24) is 15.5 Å². The molecule has 31 heavy (non-hydrogen) atoms. The van der Waals surface area contributed by atoms with Gasteiger partial charge in [-0.1, -0.05) is 31.1 Å². The number of amides is 1. The molecule has 0 saturated carbocycles. The molecule has 0 saturated heterocycles. The molecular weight excluding hydrogens is 404 g/mol. The molecule has 10 nitrogen and oxygen atoms in total. The molecule has 0 spiro atoms. The lowest BCUT2D eigenvalue weighted by Crippen LogP contribution is -2.35. The Hall–Kier alpha value is -3.95. The van der Waals surface area contributed by atoms with E-state index in [4.69, 9.17) is 14.0 Å². The lowest BCUT2D eigenvalue weighted by atomic mass is 10.0. The summed E-state index contributed by atoms with van der Waals surface area (Å²) < 4.78 is 15.9. The summed E-state index contributed by atoms with van der Waals surface area (Å²) in [5.74, 6) is 0.829. The molecule has 1 atom stereocenters. The van der Waals surface area contributed by atoms with Gasteiger partial charge in [0.2, 0.25) is 11.7 Å². The van der Waals surface area contributed by atoms with Crippen LogP contribution in [0, 0.1) is 16.0 Å². The van der Waals surface area contributed by atoms with Gasteiger partial charge in [-0.25, -0.2) is 0 Å². The Kier molecular flexibility index (Phi) is 6.81. The van der Waals surface area contributed by atoms with Crippen LogP contribution >= 0.6 is 0 Å². The normalized spacial score (nSPS) is 11.7. The largest absolute Gasteiger partial charge is 0.497 e. The molecule has 3 aromatic rings. The summed E-state index contributed by atoms with van der Waals surface area (Å²) in [4.78, 5) is 27.3. The van der Waals surface area contributed by atoms with Gasteiger partial charge in [0.05, 0.1) is 12.0 Å². The van der Waals surface area contributed by atoms with Crippen LogP contribution in [0.25, 0.3) is 11.4 Å². The number of para-hydroxylation sites is 2. The van der Waals surface area contributed by atoms with Gasteiger partial charge >= 0.3 is 5.69 Å². The summed E-state index contributed by atoms with van der Waals surface area (Å²) in [6.45, 7) is 3.39. The number of carbonyl (C=O) groups excluding carboxylic acids is 1. The quantitative estimate of drug-likeness (QED) is 0.406. The van der Waals surface area contributed by atoms with E-state index < -0.39 is 23.5 Å². The average Bonchev–Trinajstić information content (AvgIpc) is 3.25. The third kappa shape index (κ3) is 5.35. The van der Waals surface area contributed by atoms with Crippen LogP contribution in [0.1, 0.15) is 25.8 Å². The van der Waals surface area contributed by atoms with Crippen molar-refractivity contribution in [3.05, 3.63) is 64.5 Å². The topological polar surface area (TPSA) is 130 Å². The molecule has 0 bridgehead atoms. The highest BCUT2D eigenvalue weighted by molar-refractivity contribution is 5.78.